The molecule has 4 aromatic rings. The average Bonchev–Trinajstić information content (AvgIpc) is 3.14. The van der Waals surface area contributed by atoms with Crippen LogP contribution in [0.4, 0.5) is 5.69 Å². The second-order valence-corrected chi connectivity index (χ2v) is 7.80. The van der Waals surface area contributed by atoms with E-state index in [0.717, 1.165) is 22.0 Å². The predicted molar refractivity (Wildman–Crippen MR) is 126 cm³/mol. The Morgan fingerprint density at radius 1 is 1.06 bits per heavy atom. The van der Waals surface area contributed by atoms with Gasteiger partial charge < -0.3 is 4.57 Å². The Labute approximate surface area is 193 Å². The number of benzene rings is 3. The second-order valence-electron chi connectivity index (χ2n) is 6.98. The van der Waals surface area contributed by atoms with Gasteiger partial charge in [-0.3, -0.25) is 14.9 Å². The zero-order valence-corrected chi connectivity index (χ0v) is 18.0. The van der Waals surface area contributed by atoms with E-state index in [-0.39, 0.29) is 11.3 Å². The summed E-state index contributed by atoms with van der Waals surface area (Å²) in [6.45, 7) is 0.575. The zero-order valence-electron chi connectivity index (χ0n) is 16.5. The van der Waals surface area contributed by atoms with Crippen LogP contribution in [0, 0.1) is 10.1 Å². The summed E-state index contributed by atoms with van der Waals surface area (Å²) in [7, 11) is 0. The van der Waals surface area contributed by atoms with E-state index in [1.165, 1.54) is 24.3 Å². The fraction of sp³-hybridized carbons (Fsp3) is 0.0435. The minimum Gasteiger partial charge on any atom is -0.342 e. The van der Waals surface area contributed by atoms with Crippen molar-refractivity contribution in [2.24, 2.45) is 5.10 Å². The minimum atomic E-state index is -0.553. The Balaban J connectivity index is 1.56. The van der Waals surface area contributed by atoms with Gasteiger partial charge in [-0.25, -0.2) is 5.43 Å². The van der Waals surface area contributed by atoms with E-state index < -0.39 is 10.8 Å². The zero-order chi connectivity index (χ0) is 22.7. The highest BCUT2D eigenvalue weighted by molar-refractivity contribution is 6.42. The molecule has 1 heterocycles. The first-order chi connectivity index (χ1) is 15.4. The van der Waals surface area contributed by atoms with Crippen LogP contribution in [0.1, 0.15) is 21.5 Å². The van der Waals surface area contributed by atoms with Crippen molar-refractivity contribution in [2.75, 3.05) is 0 Å². The molecule has 0 fully saturated rings. The smallest absolute Gasteiger partial charge is 0.271 e. The summed E-state index contributed by atoms with van der Waals surface area (Å²) >= 11 is 12.1. The molecule has 7 nitrogen and oxygen atoms in total. The molecule has 1 amide bonds. The molecule has 160 valence electrons. The standard InChI is InChI=1S/C23H16Cl2N4O3/c24-20-9-8-15(10-21(20)25)13-28-14-17(19-6-1-2-7-22(19)28)12-26-27-23(30)16-4-3-5-18(11-16)29(31)32/h1-12,14H,13H2,(H,27,30)/b26-12-. The molecule has 0 aliphatic carbocycles. The van der Waals surface area contributed by atoms with E-state index in [1.54, 1.807) is 12.3 Å². The van der Waals surface area contributed by atoms with Gasteiger partial charge in [0.05, 0.1) is 21.2 Å². The molecule has 0 spiro atoms. The predicted octanol–water partition coefficient (Wildman–Crippen LogP) is 5.67. The summed E-state index contributed by atoms with van der Waals surface area (Å²) in [5.74, 6) is -0.538. The second kappa shape index (κ2) is 9.21. The summed E-state index contributed by atoms with van der Waals surface area (Å²) in [6, 6.07) is 18.8. The number of carbonyl (C=O) groups is 1. The van der Waals surface area contributed by atoms with Crippen molar-refractivity contribution in [3.8, 4) is 0 Å². The molecule has 4 rings (SSSR count). The van der Waals surface area contributed by atoms with Gasteiger partial charge in [0, 0.05) is 46.9 Å². The molecule has 1 N–H and O–H groups in total. The molecule has 3 aromatic carbocycles. The largest absolute Gasteiger partial charge is 0.342 e. The van der Waals surface area contributed by atoms with Crippen molar-refractivity contribution in [2.45, 2.75) is 6.54 Å². The number of halogens is 2. The van der Waals surface area contributed by atoms with Gasteiger partial charge in [0.2, 0.25) is 0 Å². The number of nitrogens with zero attached hydrogens (tertiary/aromatic N) is 3. The Morgan fingerprint density at radius 3 is 2.66 bits per heavy atom. The number of hydrogen-bond donors (Lipinski definition) is 1. The third-order valence-electron chi connectivity index (χ3n) is 4.85. The molecule has 0 bridgehead atoms. The number of hydrogen-bond acceptors (Lipinski definition) is 4. The molecule has 0 aliphatic heterocycles. The van der Waals surface area contributed by atoms with Crippen molar-refractivity contribution < 1.29 is 9.72 Å². The number of non-ortho nitro benzene ring substituents is 1. The molecule has 0 saturated heterocycles. The highest BCUT2D eigenvalue weighted by Gasteiger charge is 2.11. The van der Waals surface area contributed by atoms with Gasteiger partial charge in [0.1, 0.15) is 0 Å². The fourth-order valence-electron chi connectivity index (χ4n) is 3.33. The summed E-state index contributed by atoms with van der Waals surface area (Å²) < 4.78 is 2.05. The molecule has 0 unspecified atom stereocenters. The van der Waals surface area contributed by atoms with Crippen LogP contribution in [0.2, 0.25) is 10.0 Å². The van der Waals surface area contributed by atoms with Gasteiger partial charge >= 0.3 is 0 Å². The van der Waals surface area contributed by atoms with Crippen molar-refractivity contribution in [3.05, 3.63) is 110 Å². The number of nitro groups is 1. The summed E-state index contributed by atoms with van der Waals surface area (Å²) in [5, 5.41) is 16.9. The number of rotatable bonds is 6. The Morgan fingerprint density at radius 2 is 1.88 bits per heavy atom. The number of aromatic nitrogens is 1. The van der Waals surface area contributed by atoms with E-state index in [4.69, 9.17) is 23.2 Å². The van der Waals surface area contributed by atoms with Gasteiger partial charge in [-0.2, -0.15) is 5.10 Å². The molecule has 0 saturated carbocycles. The maximum absolute atomic E-state index is 12.3. The van der Waals surface area contributed by atoms with Crippen LogP contribution in [0.15, 0.2) is 78.0 Å². The van der Waals surface area contributed by atoms with Crippen LogP contribution in [-0.2, 0) is 6.54 Å². The lowest BCUT2D eigenvalue weighted by Crippen LogP contribution is -2.17. The van der Waals surface area contributed by atoms with E-state index in [9.17, 15) is 14.9 Å². The molecule has 32 heavy (non-hydrogen) atoms. The van der Waals surface area contributed by atoms with Crippen molar-refractivity contribution in [3.63, 3.8) is 0 Å². The monoisotopic (exact) mass is 466 g/mol. The quantitative estimate of drug-likeness (QED) is 0.225. The Bertz CT molecular complexity index is 1360. The Hall–Kier alpha value is -3.68. The van der Waals surface area contributed by atoms with E-state index in [2.05, 4.69) is 15.1 Å². The summed E-state index contributed by atoms with van der Waals surface area (Å²) in [5.41, 5.74) is 5.19. The van der Waals surface area contributed by atoms with Gasteiger partial charge in [0.15, 0.2) is 0 Å². The van der Waals surface area contributed by atoms with Crippen LogP contribution >= 0.6 is 23.2 Å². The SMILES string of the molecule is O=C(N/N=C\c1cn(Cc2ccc(Cl)c(Cl)c2)c2ccccc12)c1cccc([N+](=O)[O-])c1. The average molecular weight is 467 g/mol. The first-order valence-electron chi connectivity index (χ1n) is 9.52. The Kier molecular flexibility index (Phi) is 6.20. The topological polar surface area (TPSA) is 89.5 Å². The molecule has 0 radical (unpaired) electrons. The van der Waals surface area contributed by atoms with Crippen LogP contribution < -0.4 is 5.43 Å². The highest BCUT2D eigenvalue weighted by Crippen LogP contribution is 2.25. The van der Waals surface area contributed by atoms with Gasteiger partial charge in [-0.1, -0.05) is 53.5 Å². The van der Waals surface area contributed by atoms with E-state index >= 15 is 0 Å². The van der Waals surface area contributed by atoms with Gasteiger partial charge in [-0.15, -0.1) is 0 Å². The summed E-state index contributed by atoms with van der Waals surface area (Å²) in [4.78, 5) is 22.6. The molecular weight excluding hydrogens is 451 g/mol. The van der Waals surface area contributed by atoms with Crippen LogP contribution in [0.3, 0.4) is 0 Å². The van der Waals surface area contributed by atoms with Crippen LogP contribution in [0.25, 0.3) is 10.9 Å². The number of hydrazone groups is 1. The molecule has 9 heteroatoms. The van der Waals surface area contributed by atoms with Crippen LogP contribution in [-0.4, -0.2) is 21.6 Å². The van der Waals surface area contributed by atoms with E-state index in [1.807, 2.05) is 42.6 Å². The summed E-state index contributed by atoms with van der Waals surface area (Å²) in [6.07, 6.45) is 3.47. The number of nitro benzene ring substituents is 1. The molecule has 0 aliphatic rings. The lowest BCUT2D eigenvalue weighted by atomic mass is 10.2. The normalized spacial score (nSPS) is 11.2. The van der Waals surface area contributed by atoms with Crippen LogP contribution in [0.5, 0.6) is 0 Å². The molecule has 0 atom stereocenters. The number of nitrogens with one attached hydrogen (secondary N) is 1. The first-order valence-corrected chi connectivity index (χ1v) is 10.3. The van der Waals surface area contributed by atoms with Crippen molar-refractivity contribution >= 4 is 51.9 Å². The highest BCUT2D eigenvalue weighted by atomic mass is 35.5. The van der Waals surface area contributed by atoms with E-state index in [0.29, 0.717) is 16.6 Å². The lowest BCUT2D eigenvalue weighted by molar-refractivity contribution is -0.384. The third-order valence-corrected chi connectivity index (χ3v) is 5.58. The maximum Gasteiger partial charge on any atom is 0.271 e. The number of amides is 1. The maximum atomic E-state index is 12.3. The third kappa shape index (κ3) is 4.64. The number of carbonyl (C=O) groups excluding carboxylic acids is 1. The van der Waals surface area contributed by atoms with Crippen molar-refractivity contribution in [1.29, 1.82) is 0 Å². The number of para-hydroxylation sites is 1. The fourth-order valence-corrected chi connectivity index (χ4v) is 3.65. The van der Waals surface area contributed by atoms with Gasteiger partial charge in [0.25, 0.3) is 11.6 Å². The molecular formula is C23H16Cl2N4O3. The lowest BCUT2D eigenvalue weighted by Gasteiger charge is -2.06. The van der Waals surface area contributed by atoms with Crippen molar-refractivity contribution in [1.82, 2.24) is 9.99 Å². The minimum absolute atomic E-state index is 0.151. The first kappa shape index (κ1) is 21.5. The van der Waals surface area contributed by atoms with Gasteiger partial charge in [-0.05, 0) is 29.8 Å². The number of fused-ring (bicyclic) bond motifs is 1. The molecule has 1 aromatic heterocycles.